The number of nitriles is 1. The van der Waals surface area contributed by atoms with E-state index in [9.17, 15) is 5.11 Å². The van der Waals surface area contributed by atoms with Crippen LogP contribution in [-0.4, -0.2) is 31.4 Å². The van der Waals surface area contributed by atoms with E-state index in [2.05, 4.69) is 25.7 Å². The van der Waals surface area contributed by atoms with Crippen molar-refractivity contribution < 1.29 is 5.11 Å². The number of hydrogen-bond donors (Lipinski definition) is 3. The van der Waals surface area contributed by atoms with Crippen molar-refractivity contribution in [3.63, 3.8) is 0 Å². The summed E-state index contributed by atoms with van der Waals surface area (Å²) in [6, 6.07) is 11.1. The Morgan fingerprint density at radius 1 is 1.28 bits per heavy atom. The Labute approximate surface area is 144 Å². The molecular weight excluding hydrogens is 318 g/mol. The molecule has 0 fully saturated rings. The number of nitrogens with one attached hydrogen (secondary N) is 2. The van der Waals surface area contributed by atoms with Crippen LogP contribution in [0.25, 0.3) is 11.3 Å². The molecule has 126 valence electrons. The minimum absolute atomic E-state index is 0.0815. The van der Waals surface area contributed by atoms with Gasteiger partial charge in [0, 0.05) is 25.0 Å². The third kappa shape index (κ3) is 4.17. The van der Waals surface area contributed by atoms with Gasteiger partial charge in [0.2, 0.25) is 5.95 Å². The van der Waals surface area contributed by atoms with Crippen LogP contribution in [0.5, 0.6) is 0 Å². The van der Waals surface area contributed by atoms with E-state index >= 15 is 0 Å². The van der Waals surface area contributed by atoms with Gasteiger partial charge in [0.15, 0.2) is 0 Å². The van der Waals surface area contributed by atoms with Gasteiger partial charge in [-0.25, -0.2) is 9.97 Å². The number of anilines is 2. The van der Waals surface area contributed by atoms with Gasteiger partial charge in [-0.05, 0) is 11.6 Å². The summed E-state index contributed by atoms with van der Waals surface area (Å²) < 4.78 is 1.69. The van der Waals surface area contributed by atoms with Crippen molar-refractivity contribution in [3.05, 3.63) is 54.5 Å². The quantitative estimate of drug-likeness (QED) is 0.464. The Balaban J connectivity index is 1.75. The fourth-order valence-electron chi connectivity index (χ4n) is 2.29. The van der Waals surface area contributed by atoms with E-state index in [0.717, 1.165) is 16.9 Å². The summed E-state index contributed by atoms with van der Waals surface area (Å²) in [5.74, 6) is 0.477. The lowest BCUT2D eigenvalue weighted by Gasteiger charge is -2.11. The number of aliphatic hydroxyl groups is 1. The topological polar surface area (TPSA) is 112 Å². The molecule has 0 radical (unpaired) electrons. The Bertz CT molecular complexity index is 883. The first-order valence-corrected chi connectivity index (χ1v) is 7.63. The van der Waals surface area contributed by atoms with Gasteiger partial charge in [0.1, 0.15) is 6.23 Å². The second kappa shape index (κ2) is 7.53. The van der Waals surface area contributed by atoms with E-state index in [-0.39, 0.29) is 6.54 Å². The highest BCUT2D eigenvalue weighted by Crippen LogP contribution is 2.21. The predicted octanol–water partition coefficient (Wildman–Crippen LogP) is 1.72. The number of hydrogen-bond acceptors (Lipinski definition) is 7. The van der Waals surface area contributed by atoms with Gasteiger partial charge in [-0.15, -0.1) is 0 Å². The normalized spacial score (nSPS) is 11.7. The molecule has 3 rings (SSSR count). The molecule has 0 aliphatic heterocycles. The van der Waals surface area contributed by atoms with Crippen molar-refractivity contribution in [2.24, 2.45) is 7.05 Å². The van der Waals surface area contributed by atoms with Gasteiger partial charge in [-0.2, -0.15) is 10.4 Å². The lowest BCUT2D eigenvalue weighted by atomic mass is 10.1. The van der Waals surface area contributed by atoms with Crippen LogP contribution in [0.1, 0.15) is 11.8 Å². The number of nitrogens with zero attached hydrogens (tertiary/aromatic N) is 5. The second-order valence-electron chi connectivity index (χ2n) is 5.36. The van der Waals surface area contributed by atoms with Gasteiger partial charge in [-0.1, -0.05) is 24.3 Å². The molecule has 25 heavy (non-hydrogen) atoms. The van der Waals surface area contributed by atoms with E-state index in [1.807, 2.05) is 37.5 Å². The van der Waals surface area contributed by atoms with Crippen LogP contribution >= 0.6 is 0 Å². The molecule has 0 aliphatic carbocycles. The van der Waals surface area contributed by atoms with Crippen molar-refractivity contribution in [1.29, 1.82) is 5.26 Å². The lowest BCUT2D eigenvalue weighted by molar-refractivity contribution is 0.144. The molecule has 8 nitrogen and oxygen atoms in total. The van der Waals surface area contributed by atoms with Crippen LogP contribution in [0.15, 0.2) is 48.9 Å². The molecule has 1 atom stereocenters. The summed E-state index contributed by atoms with van der Waals surface area (Å²) in [5.41, 5.74) is 3.14. The first-order valence-electron chi connectivity index (χ1n) is 7.63. The standard InChI is InChI=1S/C17H17N7O/c1-24-11-14(10-21-24)22-17-20-8-6-15(23-17)12-2-4-13(5-3-12)16(25)19-9-7-18/h2-6,8,10-11,16,19,25H,9H2,1H3,(H,20,22,23). The summed E-state index contributed by atoms with van der Waals surface area (Å²) >= 11 is 0. The zero-order chi connectivity index (χ0) is 17.6. The highest BCUT2D eigenvalue weighted by Gasteiger charge is 2.08. The van der Waals surface area contributed by atoms with E-state index in [1.165, 1.54) is 0 Å². The smallest absolute Gasteiger partial charge is 0.227 e. The Hall–Kier alpha value is -3.28. The second-order valence-corrected chi connectivity index (χ2v) is 5.36. The molecule has 3 N–H and O–H groups in total. The highest BCUT2D eigenvalue weighted by molar-refractivity contribution is 5.62. The van der Waals surface area contributed by atoms with Gasteiger partial charge >= 0.3 is 0 Å². The molecular formula is C17H17N7O. The summed E-state index contributed by atoms with van der Waals surface area (Å²) in [7, 11) is 1.84. The average Bonchev–Trinajstić information content (AvgIpc) is 3.05. The van der Waals surface area contributed by atoms with Crippen molar-refractivity contribution in [2.45, 2.75) is 6.23 Å². The van der Waals surface area contributed by atoms with Gasteiger partial charge < -0.3 is 10.4 Å². The first-order chi connectivity index (χ1) is 12.2. The number of aromatic nitrogens is 4. The molecule has 0 spiro atoms. The molecule has 0 bridgehead atoms. The van der Waals surface area contributed by atoms with Crippen molar-refractivity contribution >= 4 is 11.6 Å². The van der Waals surface area contributed by atoms with Gasteiger partial charge in [-0.3, -0.25) is 10.00 Å². The molecule has 8 heteroatoms. The SMILES string of the molecule is Cn1cc(Nc2nccc(-c3ccc(C(O)NCC#N)cc3)n2)cn1. The highest BCUT2D eigenvalue weighted by atomic mass is 16.3. The maximum absolute atomic E-state index is 9.92. The fraction of sp³-hybridized carbons (Fsp3) is 0.176. The predicted molar refractivity (Wildman–Crippen MR) is 92.5 cm³/mol. The van der Waals surface area contributed by atoms with Crippen molar-refractivity contribution in [2.75, 3.05) is 11.9 Å². The Morgan fingerprint density at radius 3 is 2.76 bits per heavy atom. The first kappa shape index (κ1) is 16.6. The molecule has 2 aromatic heterocycles. The van der Waals surface area contributed by atoms with Crippen LogP contribution < -0.4 is 10.6 Å². The number of aliphatic hydroxyl groups excluding tert-OH is 1. The molecule has 1 aromatic carbocycles. The monoisotopic (exact) mass is 335 g/mol. The average molecular weight is 335 g/mol. The van der Waals surface area contributed by atoms with Gasteiger partial charge in [0.25, 0.3) is 0 Å². The third-order valence-electron chi connectivity index (χ3n) is 3.51. The van der Waals surface area contributed by atoms with E-state index in [4.69, 9.17) is 5.26 Å². The summed E-state index contributed by atoms with van der Waals surface area (Å²) in [4.78, 5) is 8.70. The summed E-state index contributed by atoms with van der Waals surface area (Å²) in [6.07, 6.45) is 4.33. The van der Waals surface area contributed by atoms with E-state index in [0.29, 0.717) is 11.5 Å². The maximum Gasteiger partial charge on any atom is 0.227 e. The number of rotatable bonds is 6. The molecule has 2 heterocycles. The zero-order valence-electron chi connectivity index (χ0n) is 13.6. The molecule has 0 saturated carbocycles. The molecule has 3 aromatic rings. The van der Waals surface area contributed by atoms with Gasteiger partial charge in [0.05, 0.1) is 30.2 Å². The van der Waals surface area contributed by atoms with Crippen LogP contribution in [-0.2, 0) is 7.05 Å². The zero-order valence-corrected chi connectivity index (χ0v) is 13.6. The molecule has 0 aliphatic rings. The van der Waals surface area contributed by atoms with Crippen LogP contribution in [0.4, 0.5) is 11.6 Å². The minimum Gasteiger partial charge on any atom is -0.374 e. The largest absolute Gasteiger partial charge is 0.374 e. The molecule has 1 unspecified atom stereocenters. The molecule has 0 amide bonds. The summed E-state index contributed by atoms with van der Waals surface area (Å²) in [5, 5.41) is 28.3. The fourth-order valence-corrected chi connectivity index (χ4v) is 2.29. The van der Waals surface area contributed by atoms with Crippen molar-refractivity contribution in [1.82, 2.24) is 25.1 Å². The van der Waals surface area contributed by atoms with Crippen LogP contribution in [0, 0.1) is 11.3 Å². The van der Waals surface area contributed by atoms with Crippen LogP contribution in [0.3, 0.4) is 0 Å². The lowest BCUT2D eigenvalue weighted by Crippen LogP contribution is -2.20. The number of aryl methyl sites for hydroxylation is 1. The maximum atomic E-state index is 9.92. The summed E-state index contributed by atoms with van der Waals surface area (Å²) in [6.45, 7) is 0.0815. The van der Waals surface area contributed by atoms with Crippen molar-refractivity contribution in [3.8, 4) is 17.3 Å². The molecule has 0 saturated heterocycles. The Morgan fingerprint density at radius 2 is 2.08 bits per heavy atom. The van der Waals surface area contributed by atoms with E-state index in [1.54, 1.807) is 29.2 Å². The Kier molecular flexibility index (Phi) is 4.99. The third-order valence-corrected chi connectivity index (χ3v) is 3.51. The number of benzene rings is 1. The van der Waals surface area contributed by atoms with Crippen LogP contribution in [0.2, 0.25) is 0 Å². The van der Waals surface area contributed by atoms with E-state index < -0.39 is 6.23 Å². The minimum atomic E-state index is -0.873.